The molecule has 0 spiro atoms. The lowest BCUT2D eigenvalue weighted by Crippen LogP contribution is -2.19. The van der Waals surface area contributed by atoms with Gasteiger partial charge in [0.2, 0.25) is 0 Å². The van der Waals surface area contributed by atoms with Gasteiger partial charge in [-0.05, 0) is 32.0 Å². The first-order valence-corrected chi connectivity index (χ1v) is 5.29. The Morgan fingerprint density at radius 3 is 2.81 bits per heavy atom. The van der Waals surface area contributed by atoms with Gasteiger partial charge in [-0.1, -0.05) is 0 Å². The summed E-state index contributed by atoms with van der Waals surface area (Å²) in [5.74, 6) is 2.40. The summed E-state index contributed by atoms with van der Waals surface area (Å²) in [6.45, 7) is 3.85. The van der Waals surface area contributed by atoms with Crippen LogP contribution in [0.2, 0.25) is 0 Å². The normalized spacial score (nSPS) is 12.7. The molecule has 16 heavy (non-hydrogen) atoms. The van der Waals surface area contributed by atoms with Crippen molar-refractivity contribution in [1.82, 2.24) is 9.97 Å². The van der Waals surface area contributed by atoms with E-state index in [9.17, 15) is 0 Å². The van der Waals surface area contributed by atoms with Crippen molar-refractivity contribution in [2.75, 3.05) is 0 Å². The minimum atomic E-state index is 0.0635. The molecule has 1 atom stereocenters. The van der Waals surface area contributed by atoms with Crippen LogP contribution in [-0.2, 0) is 6.42 Å². The number of hydrogen-bond acceptors (Lipinski definition) is 4. The maximum Gasteiger partial charge on any atom is 0.152 e. The molecule has 0 aliphatic carbocycles. The first-order valence-electron chi connectivity index (χ1n) is 5.29. The van der Waals surface area contributed by atoms with E-state index in [0.29, 0.717) is 6.42 Å². The molecule has 0 amide bonds. The molecule has 0 saturated carbocycles. The Bertz CT molecular complexity index is 477. The molecule has 2 heterocycles. The zero-order valence-corrected chi connectivity index (χ0v) is 9.47. The number of nitrogens with zero attached hydrogens (tertiary/aromatic N) is 2. The van der Waals surface area contributed by atoms with Crippen molar-refractivity contribution in [3.63, 3.8) is 0 Å². The maximum atomic E-state index is 5.71. The molecule has 0 aromatic carbocycles. The third-order valence-electron chi connectivity index (χ3n) is 2.20. The number of aryl methyl sites for hydroxylation is 1. The van der Waals surface area contributed by atoms with Crippen molar-refractivity contribution < 1.29 is 4.42 Å². The molecule has 0 aliphatic rings. The fraction of sp³-hybridized carbons (Fsp3) is 0.333. The van der Waals surface area contributed by atoms with Gasteiger partial charge in [0, 0.05) is 18.7 Å². The number of aromatic nitrogens is 2. The van der Waals surface area contributed by atoms with Crippen LogP contribution >= 0.6 is 0 Å². The van der Waals surface area contributed by atoms with Crippen LogP contribution in [0.4, 0.5) is 0 Å². The summed E-state index contributed by atoms with van der Waals surface area (Å²) in [5, 5.41) is 0. The third kappa shape index (κ3) is 2.46. The molecule has 0 fully saturated rings. The van der Waals surface area contributed by atoms with Crippen molar-refractivity contribution in [3.05, 3.63) is 36.0 Å². The molecule has 4 heteroatoms. The Labute approximate surface area is 94.5 Å². The molecule has 0 aliphatic heterocycles. The fourth-order valence-electron chi connectivity index (χ4n) is 1.49. The second kappa shape index (κ2) is 4.45. The topological polar surface area (TPSA) is 64.9 Å². The van der Waals surface area contributed by atoms with Gasteiger partial charge in [-0.3, -0.25) is 0 Å². The summed E-state index contributed by atoms with van der Waals surface area (Å²) in [5.41, 5.74) is 6.52. The van der Waals surface area contributed by atoms with Crippen molar-refractivity contribution in [2.45, 2.75) is 26.3 Å². The van der Waals surface area contributed by atoms with Crippen LogP contribution in [0.1, 0.15) is 18.5 Å². The van der Waals surface area contributed by atoms with E-state index in [2.05, 4.69) is 9.97 Å². The van der Waals surface area contributed by atoms with Gasteiger partial charge in [0.05, 0.1) is 0 Å². The van der Waals surface area contributed by atoms with Gasteiger partial charge in [0.1, 0.15) is 17.3 Å². The minimum absolute atomic E-state index is 0.0635. The van der Waals surface area contributed by atoms with Crippen molar-refractivity contribution >= 4 is 0 Å². The Kier molecular flexibility index (Phi) is 3.01. The van der Waals surface area contributed by atoms with E-state index in [0.717, 1.165) is 23.0 Å². The van der Waals surface area contributed by atoms with E-state index in [4.69, 9.17) is 10.2 Å². The Morgan fingerprint density at radius 1 is 1.38 bits per heavy atom. The lowest BCUT2D eigenvalue weighted by atomic mass is 10.2. The average Bonchev–Trinajstić information content (AvgIpc) is 2.64. The van der Waals surface area contributed by atoms with Gasteiger partial charge in [0.15, 0.2) is 5.76 Å². The Hall–Kier alpha value is -1.68. The predicted molar refractivity (Wildman–Crippen MR) is 61.8 cm³/mol. The van der Waals surface area contributed by atoms with Crippen LogP contribution in [0.25, 0.3) is 11.5 Å². The Morgan fingerprint density at radius 2 is 2.19 bits per heavy atom. The van der Waals surface area contributed by atoms with E-state index in [-0.39, 0.29) is 6.04 Å². The molecule has 2 N–H and O–H groups in total. The summed E-state index contributed by atoms with van der Waals surface area (Å²) in [7, 11) is 0. The zero-order chi connectivity index (χ0) is 11.5. The van der Waals surface area contributed by atoms with E-state index in [1.807, 2.05) is 32.0 Å². The molecule has 2 rings (SSSR count). The van der Waals surface area contributed by atoms with E-state index in [1.165, 1.54) is 0 Å². The van der Waals surface area contributed by atoms with Gasteiger partial charge in [-0.25, -0.2) is 9.97 Å². The van der Waals surface area contributed by atoms with Gasteiger partial charge >= 0.3 is 0 Å². The summed E-state index contributed by atoms with van der Waals surface area (Å²) in [4.78, 5) is 8.59. The molecule has 1 unspecified atom stereocenters. The van der Waals surface area contributed by atoms with E-state index >= 15 is 0 Å². The van der Waals surface area contributed by atoms with Crippen LogP contribution in [0.3, 0.4) is 0 Å². The van der Waals surface area contributed by atoms with Crippen LogP contribution in [0.15, 0.2) is 28.8 Å². The van der Waals surface area contributed by atoms with Crippen LogP contribution in [0.5, 0.6) is 0 Å². The summed E-state index contributed by atoms with van der Waals surface area (Å²) in [6, 6.07) is 5.73. The van der Waals surface area contributed by atoms with Crippen LogP contribution < -0.4 is 5.73 Å². The van der Waals surface area contributed by atoms with Gasteiger partial charge in [-0.2, -0.15) is 0 Å². The quantitative estimate of drug-likeness (QED) is 0.853. The average molecular weight is 217 g/mol. The highest BCUT2D eigenvalue weighted by molar-refractivity contribution is 5.51. The lowest BCUT2D eigenvalue weighted by Gasteiger charge is -2.04. The van der Waals surface area contributed by atoms with Gasteiger partial charge in [-0.15, -0.1) is 0 Å². The minimum Gasteiger partial charge on any atom is -0.460 e. The maximum absolute atomic E-state index is 5.71. The van der Waals surface area contributed by atoms with Gasteiger partial charge in [0.25, 0.3) is 0 Å². The second-order valence-corrected chi connectivity index (χ2v) is 3.95. The third-order valence-corrected chi connectivity index (χ3v) is 2.20. The zero-order valence-electron chi connectivity index (χ0n) is 9.47. The summed E-state index contributed by atoms with van der Waals surface area (Å²) < 4.78 is 5.51. The van der Waals surface area contributed by atoms with Crippen LogP contribution in [0, 0.1) is 6.92 Å². The fourth-order valence-corrected chi connectivity index (χ4v) is 1.49. The highest BCUT2D eigenvalue weighted by atomic mass is 16.3. The second-order valence-electron chi connectivity index (χ2n) is 3.95. The molecule has 4 nitrogen and oxygen atoms in total. The molecule has 2 aromatic rings. The monoisotopic (exact) mass is 217 g/mol. The molecule has 2 aromatic heterocycles. The van der Waals surface area contributed by atoms with Crippen molar-refractivity contribution in [2.24, 2.45) is 5.73 Å². The standard InChI is InChI=1S/C12H15N3O/c1-8(13)7-12-14-6-5-10(15-12)11-4-3-9(2)16-11/h3-6,8H,7,13H2,1-2H3. The predicted octanol–water partition coefficient (Wildman–Crippen LogP) is 1.93. The SMILES string of the molecule is Cc1ccc(-c2ccnc(CC(C)N)n2)o1. The number of nitrogens with two attached hydrogens (primary N) is 1. The highest BCUT2D eigenvalue weighted by Gasteiger charge is 2.07. The molecular formula is C12H15N3O. The molecule has 0 radical (unpaired) electrons. The largest absolute Gasteiger partial charge is 0.460 e. The Balaban J connectivity index is 2.28. The first-order chi connectivity index (χ1) is 7.65. The van der Waals surface area contributed by atoms with Crippen molar-refractivity contribution in [1.29, 1.82) is 0 Å². The van der Waals surface area contributed by atoms with Gasteiger partial charge < -0.3 is 10.2 Å². The summed E-state index contributed by atoms with van der Waals surface area (Å²) in [6.07, 6.45) is 2.41. The lowest BCUT2D eigenvalue weighted by molar-refractivity contribution is 0.545. The summed E-state index contributed by atoms with van der Waals surface area (Å²) >= 11 is 0. The highest BCUT2D eigenvalue weighted by Crippen LogP contribution is 2.19. The number of rotatable bonds is 3. The van der Waals surface area contributed by atoms with E-state index in [1.54, 1.807) is 6.20 Å². The smallest absolute Gasteiger partial charge is 0.152 e. The van der Waals surface area contributed by atoms with Crippen LogP contribution in [-0.4, -0.2) is 16.0 Å². The molecule has 0 saturated heterocycles. The van der Waals surface area contributed by atoms with Crippen molar-refractivity contribution in [3.8, 4) is 11.5 Å². The molecule has 84 valence electrons. The first kappa shape index (κ1) is 10.8. The molecular weight excluding hydrogens is 202 g/mol. The van der Waals surface area contributed by atoms with E-state index < -0.39 is 0 Å². The molecule has 0 bridgehead atoms. The number of hydrogen-bond donors (Lipinski definition) is 1. The number of furan rings is 1.